The number of hydrogen-bond donors (Lipinski definition) is 1. The average molecular weight is 159 g/mol. The van der Waals surface area contributed by atoms with Gasteiger partial charge in [-0.2, -0.15) is 5.26 Å². The fourth-order valence-electron chi connectivity index (χ4n) is 0.808. The maximum Gasteiger partial charge on any atom is 0.0663 e. The Balaban J connectivity index is 2.77. The highest BCUT2D eigenvalue weighted by Crippen LogP contribution is 2.10. The molecule has 0 aliphatic heterocycles. The number of aromatic nitrogens is 1. The van der Waals surface area contributed by atoms with Crippen molar-refractivity contribution in [3.05, 3.63) is 30.1 Å². The van der Waals surface area contributed by atoms with E-state index in [0.29, 0.717) is 12.1 Å². The molecule has 0 saturated carbocycles. The molecule has 3 nitrogen and oxygen atoms in total. The van der Waals surface area contributed by atoms with E-state index < -0.39 is 0 Å². The zero-order valence-corrected chi connectivity index (χ0v) is 6.57. The third-order valence-corrected chi connectivity index (χ3v) is 1.39. The van der Waals surface area contributed by atoms with Crippen LogP contribution in [-0.2, 0) is 0 Å². The summed E-state index contributed by atoms with van der Waals surface area (Å²) in [5.41, 5.74) is 7.14. The first-order chi connectivity index (χ1) is 5.84. The summed E-state index contributed by atoms with van der Waals surface area (Å²) in [7, 11) is 0. The highest BCUT2D eigenvalue weighted by Gasteiger charge is 1.90. The summed E-state index contributed by atoms with van der Waals surface area (Å²) >= 11 is 0. The van der Waals surface area contributed by atoms with Crippen LogP contribution in [0.5, 0.6) is 0 Å². The molecular formula is C9H9N3. The summed E-state index contributed by atoms with van der Waals surface area (Å²) in [4.78, 5) is 3.85. The molecule has 0 aromatic carbocycles. The second-order valence-corrected chi connectivity index (χ2v) is 2.27. The molecule has 0 aliphatic rings. The molecular weight excluding hydrogens is 150 g/mol. The molecule has 0 unspecified atom stereocenters. The van der Waals surface area contributed by atoms with Crippen LogP contribution in [0.1, 0.15) is 12.0 Å². The van der Waals surface area contributed by atoms with Crippen LogP contribution in [0, 0.1) is 11.3 Å². The number of pyridine rings is 1. The minimum atomic E-state index is 0.405. The number of rotatable bonds is 2. The van der Waals surface area contributed by atoms with Gasteiger partial charge in [-0.1, -0.05) is 12.2 Å². The van der Waals surface area contributed by atoms with Crippen LogP contribution in [0.25, 0.3) is 6.08 Å². The van der Waals surface area contributed by atoms with Gasteiger partial charge >= 0.3 is 0 Å². The van der Waals surface area contributed by atoms with Gasteiger partial charge in [0.2, 0.25) is 0 Å². The van der Waals surface area contributed by atoms with Crippen LogP contribution < -0.4 is 5.73 Å². The van der Waals surface area contributed by atoms with Crippen molar-refractivity contribution in [1.29, 1.82) is 5.26 Å². The SMILES string of the molecule is N#CCC=Cc1ccncc1N. The van der Waals surface area contributed by atoms with Gasteiger partial charge in [0.25, 0.3) is 0 Å². The predicted octanol–water partition coefficient (Wildman–Crippen LogP) is 1.59. The number of nitrogens with two attached hydrogens (primary N) is 1. The highest BCUT2D eigenvalue weighted by molar-refractivity contribution is 5.62. The molecule has 1 aromatic heterocycles. The van der Waals surface area contributed by atoms with Crippen molar-refractivity contribution in [2.45, 2.75) is 6.42 Å². The normalized spacial score (nSPS) is 9.92. The van der Waals surface area contributed by atoms with Crippen LogP contribution in [0.3, 0.4) is 0 Å². The van der Waals surface area contributed by atoms with Gasteiger partial charge in [-0.15, -0.1) is 0 Å². The van der Waals surface area contributed by atoms with E-state index >= 15 is 0 Å². The molecule has 0 aliphatic carbocycles. The maximum absolute atomic E-state index is 8.27. The van der Waals surface area contributed by atoms with E-state index in [9.17, 15) is 0 Å². The topological polar surface area (TPSA) is 62.7 Å². The Morgan fingerprint density at radius 2 is 2.50 bits per heavy atom. The Hall–Kier alpha value is -1.82. The zero-order valence-electron chi connectivity index (χ0n) is 6.57. The van der Waals surface area contributed by atoms with Gasteiger partial charge in [-0.05, 0) is 6.07 Å². The summed E-state index contributed by atoms with van der Waals surface area (Å²) in [6.07, 6.45) is 7.25. The van der Waals surface area contributed by atoms with Crippen molar-refractivity contribution in [1.82, 2.24) is 4.98 Å². The first kappa shape index (κ1) is 8.28. The number of nitriles is 1. The number of allylic oxidation sites excluding steroid dienone is 1. The smallest absolute Gasteiger partial charge is 0.0663 e. The van der Waals surface area contributed by atoms with Gasteiger partial charge in [0, 0.05) is 11.8 Å². The Bertz CT molecular complexity index is 323. The molecule has 0 amide bonds. The quantitative estimate of drug-likeness (QED) is 0.712. The van der Waals surface area contributed by atoms with E-state index in [1.807, 2.05) is 18.2 Å². The Morgan fingerprint density at radius 3 is 3.17 bits per heavy atom. The van der Waals surface area contributed by atoms with Crippen LogP contribution in [-0.4, -0.2) is 4.98 Å². The Morgan fingerprint density at radius 1 is 1.67 bits per heavy atom. The van der Waals surface area contributed by atoms with Crippen LogP contribution >= 0.6 is 0 Å². The standard InChI is InChI=1S/C9H9N3/c10-5-2-1-3-8-4-6-12-7-9(8)11/h1,3-4,6-7H,2,11H2. The summed E-state index contributed by atoms with van der Waals surface area (Å²) < 4.78 is 0. The maximum atomic E-state index is 8.27. The number of hydrogen-bond acceptors (Lipinski definition) is 3. The average Bonchev–Trinajstić information content (AvgIpc) is 2.09. The number of anilines is 1. The molecule has 1 aromatic rings. The molecule has 1 heterocycles. The second kappa shape index (κ2) is 4.14. The number of nitrogens with zero attached hydrogens (tertiary/aromatic N) is 2. The van der Waals surface area contributed by atoms with Crippen LogP contribution in [0.15, 0.2) is 24.5 Å². The van der Waals surface area contributed by atoms with Gasteiger partial charge in [0.05, 0.1) is 24.4 Å². The van der Waals surface area contributed by atoms with Gasteiger partial charge < -0.3 is 5.73 Å². The van der Waals surface area contributed by atoms with E-state index in [2.05, 4.69) is 4.98 Å². The first-order valence-corrected chi connectivity index (χ1v) is 3.57. The van der Waals surface area contributed by atoms with Crippen molar-refractivity contribution in [3.8, 4) is 6.07 Å². The van der Waals surface area contributed by atoms with Gasteiger partial charge in [-0.3, -0.25) is 4.98 Å². The third-order valence-electron chi connectivity index (χ3n) is 1.39. The molecule has 0 atom stereocenters. The largest absolute Gasteiger partial charge is 0.397 e. The van der Waals surface area contributed by atoms with Crippen molar-refractivity contribution < 1.29 is 0 Å². The van der Waals surface area contributed by atoms with E-state index in [1.54, 1.807) is 18.5 Å². The number of nitrogen functional groups attached to an aromatic ring is 1. The Kier molecular flexibility index (Phi) is 2.86. The van der Waals surface area contributed by atoms with Gasteiger partial charge in [0.15, 0.2) is 0 Å². The molecule has 60 valence electrons. The summed E-state index contributed by atoms with van der Waals surface area (Å²) in [5, 5.41) is 8.27. The predicted molar refractivity (Wildman–Crippen MR) is 47.9 cm³/mol. The van der Waals surface area contributed by atoms with E-state index in [-0.39, 0.29) is 0 Å². The van der Waals surface area contributed by atoms with Crippen LogP contribution in [0.2, 0.25) is 0 Å². The third kappa shape index (κ3) is 2.10. The van der Waals surface area contributed by atoms with E-state index in [1.165, 1.54) is 0 Å². The molecule has 0 fully saturated rings. The minimum absolute atomic E-state index is 0.405. The summed E-state index contributed by atoms with van der Waals surface area (Å²) in [6.45, 7) is 0. The molecule has 3 heteroatoms. The lowest BCUT2D eigenvalue weighted by molar-refractivity contribution is 1.32. The fraction of sp³-hybridized carbons (Fsp3) is 0.111. The van der Waals surface area contributed by atoms with Crippen molar-refractivity contribution in [3.63, 3.8) is 0 Å². The molecule has 0 bridgehead atoms. The molecule has 0 radical (unpaired) electrons. The minimum Gasteiger partial charge on any atom is -0.397 e. The Labute approximate surface area is 71.2 Å². The summed E-state index contributed by atoms with van der Waals surface area (Å²) in [5.74, 6) is 0. The van der Waals surface area contributed by atoms with Gasteiger partial charge in [0.1, 0.15) is 0 Å². The molecule has 1 rings (SSSR count). The van der Waals surface area contributed by atoms with Crippen molar-refractivity contribution in [2.75, 3.05) is 5.73 Å². The van der Waals surface area contributed by atoms with E-state index in [0.717, 1.165) is 5.56 Å². The van der Waals surface area contributed by atoms with Crippen LogP contribution in [0.4, 0.5) is 5.69 Å². The molecule has 12 heavy (non-hydrogen) atoms. The van der Waals surface area contributed by atoms with Gasteiger partial charge in [-0.25, -0.2) is 0 Å². The van der Waals surface area contributed by atoms with Crippen molar-refractivity contribution >= 4 is 11.8 Å². The van der Waals surface area contributed by atoms with Crippen molar-refractivity contribution in [2.24, 2.45) is 0 Å². The lowest BCUT2D eigenvalue weighted by Gasteiger charge is -1.96. The lowest BCUT2D eigenvalue weighted by Crippen LogP contribution is -1.89. The second-order valence-electron chi connectivity index (χ2n) is 2.27. The van der Waals surface area contributed by atoms with E-state index in [4.69, 9.17) is 11.0 Å². The fourth-order valence-corrected chi connectivity index (χ4v) is 0.808. The zero-order chi connectivity index (χ0) is 8.81. The molecule has 0 saturated heterocycles. The molecule has 0 spiro atoms. The highest BCUT2D eigenvalue weighted by atomic mass is 14.7. The monoisotopic (exact) mass is 159 g/mol. The molecule has 2 N–H and O–H groups in total. The lowest BCUT2D eigenvalue weighted by atomic mass is 10.2. The first-order valence-electron chi connectivity index (χ1n) is 3.57. The summed E-state index contributed by atoms with van der Waals surface area (Å²) in [6, 6.07) is 3.82.